The maximum atomic E-state index is 13.4. The molecule has 0 aliphatic carbocycles. The summed E-state index contributed by atoms with van der Waals surface area (Å²) >= 11 is 0. The van der Waals surface area contributed by atoms with E-state index in [4.69, 9.17) is 5.73 Å². The smallest absolute Gasteiger partial charge is 0.264 e. The topological polar surface area (TPSA) is 63.4 Å². The van der Waals surface area contributed by atoms with Crippen molar-refractivity contribution in [3.63, 3.8) is 0 Å². The van der Waals surface area contributed by atoms with E-state index in [1.807, 2.05) is 19.1 Å². The molecule has 2 N–H and O–H groups in total. The van der Waals surface area contributed by atoms with Crippen LogP contribution in [-0.4, -0.2) is 15.5 Å². The molecule has 2 rings (SSSR count). The van der Waals surface area contributed by atoms with Crippen LogP contribution in [0.1, 0.15) is 5.56 Å². The number of sulfonamides is 1. The Kier molecular flexibility index (Phi) is 3.67. The summed E-state index contributed by atoms with van der Waals surface area (Å²) in [5.41, 5.74) is 6.64. The summed E-state index contributed by atoms with van der Waals surface area (Å²) < 4.78 is 39.5. The van der Waals surface area contributed by atoms with E-state index in [0.717, 1.165) is 15.9 Å². The Morgan fingerprint density at radius 1 is 1.15 bits per heavy atom. The lowest BCUT2D eigenvalue weighted by atomic mass is 10.2. The second kappa shape index (κ2) is 5.13. The molecule has 0 spiro atoms. The Labute approximate surface area is 117 Å². The van der Waals surface area contributed by atoms with Gasteiger partial charge in [-0.15, -0.1) is 0 Å². The number of benzene rings is 2. The van der Waals surface area contributed by atoms with Gasteiger partial charge in [-0.05, 0) is 36.8 Å². The zero-order chi connectivity index (χ0) is 14.9. The van der Waals surface area contributed by atoms with E-state index < -0.39 is 15.8 Å². The second-order valence-corrected chi connectivity index (χ2v) is 6.41. The lowest BCUT2D eigenvalue weighted by Crippen LogP contribution is -2.27. The predicted molar refractivity (Wildman–Crippen MR) is 77.6 cm³/mol. The molecule has 0 aliphatic heterocycles. The van der Waals surface area contributed by atoms with Gasteiger partial charge in [0.05, 0.1) is 16.3 Å². The van der Waals surface area contributed by atoms with Gasteiger partial charge in [-0.2, -0.15) is 0 Å². The van der Waals surface area contributed by atoms with Crippen molar-refractivity contribution >= 4 is 21.4 Å². The maximum Gasteiger partial charge on any atom is 0.264 e. The quantitative estimate of drug-likeness (QED) is 0.885. The van der Waals surface area contributed by atoms with Crippen molar-refractivity contribution in [1.29, 1.82) is 0 Å². The molecule has 0 saturated carbocycles. The van der Waals surface area contributed by atoms with Gasteiger partial charge >= 0.3 is 0 Å². The molecule has 0 aromatic heterocycles. The lowest BCUT2D eigenvalue weighted by molar-refractivity contribution is 0.590. The van der Waals surface area contributed by atoms with Crippen molar-refractivity contribution in [3.05, 3.63) is 53.8 Å². The average molecular weight is 294 g/mol. The number of rotatable bonds is 3. The van der Waals surface area contributed by atoms with Crippen LogP contribution in [0.15, 0.2) is 47.4 Å². The standard InChI is InChI=1S/C14H15FN2O2S/c1-10-5-3-4-6-14(10)17(2)20(18,19)11-7-8-13(16)12(15)9-11/h3-9H,16H2,1-2H3. The molecular weight excluding hydrogens is 279 g/mol. The van der Waals surface area contributed by atoms with Gasteiger partial charge < -0.3 is 5.73 Å². The van der Waals surface area contributed by atoms with Gasteiger partial charge in [0.2, 0.25) is 0 Å². The fourth-order valence-electron chi connectivity index (χ4n) is 1.87. The highest BCUT2D eigenvalue weighted by molar-refractivity contribution is 7.92. The molecule has 2 aromatic carbocycles. The van der Waals surface area contributed by atoms with Crippen LogP contribution >= 0.6 is 0 Å². The Morgan fingerprint density at radius 3 is 2.40 bits per heavy atom. The minimum absolute atomic E-state index is 0.0810. The Bertz CT molecular complexity index is 745. The fourth-order valence-corrected chi connectivity index (χ4v) is 3.15. The second-order valence-electron chi connectivity index (χ2n) is 4.44. The molecule has 0 amide bonds. The summed E-state index contributed by atoms with van der Waals surface area (Å²) in [7, 11) is -2.38. The first-order valence-corrected chi connectivity index (χ1v) is 7.37. The zero-order valence-electron chi connectivity index (χ0n) is 11.2. The highest BCUT2D eigenvalue weighted by Gasteiger charge is 2.23. The Balaban J connectivity index is 2.50. The van der Waals surface area contributed by atoms with Crippen molar-refractivity contribution in [3.8, 4) is 0 Å². The van der Waals surface area contributed by atoms with Gasteiger partial charge in [0.15, 0.2) is 0 Å². The maximum absolute atomic E-state index is 13.4. The molecule has 0 radical (unpaired) electrons. The van der Waals surface area contributed by atoms with Crippen molar-refractivity contribution in [2.75, 3.05) is 17.1 Å². The highest BCUT2D eigenvalue weighted by atomic mass is 32.2. The molecule has 20 heavy (non-hydrogen) atoms. The fraction of sp³-hybridized carbons (Fsp3) is 0.143. The van der Waals surface area contributed by atoms with E-state index in [1.165, 1.54) is 19.2 Å². The van der Waals surface area contributed by atoms with E-state index in [2.05, 4.69) is 0 Å². The molecule has 0 unspecified atom stereocenters. The number of para-hydroxylation sites is 1. The summed E-state index contributed by atoms with van der Waals surface area (Å²) in [6.07, 6.45) is 0. The number of nitrogens with zero attached hydrogens (tertiary/aromatic N) is 1. The van der Waals surface area contributed by atoms with E-state index in [-0.39, 0.29) is 10.6 Å². The number of hydrogen-bond donors (Lipinski definition) is 1. The monoisotopic (exact) mass is 294 g/mol. The third-order valence-electron chi connectivity index (χ3n) is 3.09. The third-order valence-corrected chi connectivity index (χ3v) is 4.85. The van der Waals surface area contributed by atoms with Gasteiger partial charge in [0, 0.05) is 7.05 Å². The summed E-state index contributed by atoms with van der Waals surface area (Å²) in [5, 5.41) is 0. The molecule has 4 nitrogen and oxygen atoms in total. The summed E-state index contributed by atoms with van der Waals surface area (Å²) in [6.45, 7) is 1.81. The Hall–Kier alpha value is -2.08. The van der Waals surface area contributed by atoms with Gasteiger partial charge in [-0.3, -0.25) is 4.31 Å². The first-order chi connectivity index (χ1) is 9.34. The first-order valence-electron chi connectivity index (χ1n) is 5.93. The molecule has 0 saturated heterocycles. The SMILES string of the molecule is Cc1ccccc1N(C)S(=O)(=O)c1ccc(N)c(F)c1. The van der Waals surface area contributed by atoms with Gasteiger partial charge in [-0.1, -0.05) is 18.2 Å². The van der Waals surface area contributed by atoms with E-state index in [9.17, 15) is 12.8 Å². The number of nitrogens with two attached hydrogens (primary N) is 1. The lowest BCUT2D eigenvalue weighted by Gasteiger charge is -2.21. The average Bonchev–Trinajstić information content (AvgIpc) is 2.41. The highest BCUT2D eigenvalue weighted by Crippen LogP contribution is 2.26. The molecule has 0 atom stereocenters. The van der Waals surface area contributed by atoms with Crippen LogP contribution in [0, 0.1) is 12.7 Å². The number of hydrogen-bond acceptors (Lipinski definition) is 3. The number of nitrogen functional groups attached to an aromatic ring is 1. The van der Waals surface area contributed by atoms with Crippen LogP contribution in [0.3, 0.4) is 0 Å². The Morgan fingerprint density at radius 2 is 1.80 bits per heavy atom. The van der Waals surface area contributed by atoms with Crippen LogP contribution in [0.2, 0.25) is 0 Å². The van der Waals surface area contributed by atoms with E-state index in [0.29, 0.717) is 5.69 Å². The summed E-state index contributed by atoms with van der Waals surface area (Å²) in [5.74, 6) is -0.746. The first kappa shape index (κ1) is 14.3. The summed E-state index contributed by atoms with van der Waals surface area (Å²) in [4.78, 5) is -0.130. The molecule has 0 bridgehead atoms. The van der Waals surface area contributed by atoms with Crippen LogP contribution < -0.4 is 10.0 Å². The van der Waals surface area contributed by atoms with Crippen molar-refractivity contribution in [1.82, 2.24) is 0 Å². The van der Waals surface area contributed by atoms with Crippen LogP contribution in [-0.2, 0) is 10.0 Å². The zero-order valence-corrected chi connectivity index (χ0v) is 12.0. The van der Waals surface area contributed by atoms with Crippen LogP contribution in [0.5, 0.6) is 0 Å². The van der Waals surface area contributed by atoms with E-state index in [1.54, 1.807) is 12.1 Å². The van der Waals surface area contributed by atoms with Crippen molar-refractivity contribution in [2.24, 2.45) is 0 Å². The number of halogens is 1. The van der Waals surface area contributed by atoms with Crippen molar-refractivity contribution in [2.45, 2.75) is 11.8 Å². The minimum Gasteiger partial charge on any atom is -0.396 e. The van der Waals surface area contributed by atoms with Crippen molar-refractivity contribution < 1.29 is 12.8 Å². The predicted octanol–water partition coefficient (Wildman–Crippen LogP) is 2.54. The minimum atomic E-state index is -3.82. The van der Waals surface area contributed by atoms with E-state index >= 15 is 0 Å². The van der Waals surface area contributed by atoms with Gasteiger partial charge in [0.1, 0.15) is 5.82 Å². The molecule has 2 aromatic rings. The molecule has 0 aliphatic rings. The normalized spacial score (nSPS) is 11.3. The van der Waals surface area contributed by atoms with Gasteiger partial charge in [0.25, 0.3) is 10.0 Å². The summed E-state index contributed by atoms with van der Waals surface area (Å²) in [6, 6.07) is 10.5. The molecule has 0 fully saturated rings. The third kappa shape index (κ3) is 2.46. The number of aryl methyl sites for hydroxylation is 1. The van der Waals surface area contributed by atoms with Crippen LogP contribution in [0.25, 0.3) is 0 Å². The molecule has 6 heteroatoms. The van der Waals surface area contributed by atoms with Crippen LogP contribution in [0.4, 0.5) is 15.8 Å². The molecule has 0 heterocycles. The molecule has 106 valence electrons. The van der Waals surface area contributed by atoms with Gasteiger partial charge in [-0.25, -0.2) is 12.8 Å². The largest absolute Gasteiger partial charge is 0.396 e. The number of anilines is 2. The molecular formula is C14H15FN2O2S.